The zero-order chi connectivity index (χ0) is 53.5. The Morgan fingerprint density at radius 2 is 0.948 bits per heavy atom. The number of carboxylic acids is 1. The van der Waals surface area contributed by atoms with E-state index in [0.717, 1.165) is 43.8 Å². The molecule has 0 aliphatic heterocycles. The van der Waals surface area contributed by atoms with Gasteiger partial charge in [-0.15, -0.1) is 22.7 Å². The van der Waals surface area contributed by atoms with E-state index in [2.05, 4.69) is 229 Å². The molecule has 1 N–H and O–H groups in total. The molecule has 12 rings (SSSR count). The first-order valence-electron chi connectivity index (χ1n) is 26.5. The second-order valence-electron chi connectivity index (χ2n) is 22.1. The summed E-state index contributed by atoms with van der Waals surface area (Å²) in [5.74, 6) is -0.656. The van der Waals surface area contributed by atoms with E-state index in [4.69, 9.17) is 0 Å². The topological polar surface area (TPSA) is 69.3 Å². The molecule has 3 heterocycles. The van der Waals surface area contributed by atoms with Crippen molar-refractivity contribution < 1.29 is 9.90 Å². The Bertz CT molecular complexity index is 3900. The fourth-order valence-corrected chi connectivity index (χ4v) is 14.1. The molecule has 5 nitrogen and oxygen atoms in total. The van der Waals surface area contributed by atoms with Gasteiger partial charge in [0.2, 0.25) is 0 Å². The van der Waals surface area contributed by atoms with Crippen molar-refractivity contribution in [3.05, 3.63) is 233 Å². The van der Waals surface area contributed by atoms with Crippen LogP contribution in [0, 0.1) is 11.3 Å². The Morgan fingerprint density at radius 1 is 0.519 bits per heavy atom. The van der Waals surface area contributed by atoms with E-state index in [1.807, 2.05) is 35.6 Å². The Hall–Kier alpha value is -8.28. The normalized spacial score (nSPS) is 13.8. The molecule has 0 saturated heterocycles. The number of thiophene rings is 2. The van der Waals surface area contributed by atoms with Crippen molar-refractivity contribution in [3.8, 4) is 76.0 Å². The molecule has 0 spiro atoms. The molecule has 7 heteroatoms. The second-order valence-corrected chi connectivity index (χ2v) is 24.3. The molecule has 0 saturated carbocycles. The summed E-state index contributed by atoms with van der Waals surface area (Å²) >= 11 is 3.56. The lowest BCUT2D eigenvalue weighted by Crippen LogP contribution is -2.18. The molecule has 3 aromatic heterocycles. The van der Waals surface area contributed by atoms with Crippen LogP contribution in [-0.4, -0.2) is 15.6 Å². The Morgan fingerprint density at radius 3 is 1.40 bits per heavy atom. The Labute approximate surface area is 460 Å². The number of aliphatic carboxylic acids is 1. The van der Waals surface area contributed by atoms with E-state index in [1.54, 1.807) is 17.4 Å². The van der Waals surface area contributed by atoms with Crippen LogP contribution in [0.2, 0.25) is 0 Å². The van der Waals surface area contributed by atoms with Crippen LogP contribution in [0.4, 0.5) is 17.1 Å². The number of nitrogens with zero attached hydrogens (tertiary/aromatic N) is 3. The molecular formula is C70H59N3O2S2. The lowest BCUT2D eigenvalue weighted by atomic mass is 9.82. The average Bonchev–Trinajstić information content (AvgIpc) is 4.35. The fraction of sp³-hybridized carbons (Fsp3) is 0.171. The summed E-state index contributed by atoms with van der Waals surface area (Å²) in [6.07, 6.45) is 1.41. The van der Waals surface area contributed by atoms with E-state index in [-0.39, 0.29) is 28.2 Å². The van der Waals surface area contributed by atoms with Crippen molar-refractivity contribution in [2.24, 2.45) is 0 Å². The molecule has 378 valence electrons. The number of fused-ring (bicyclic) bond motifs is 6. The third-order valence-corrected chi connectivity index (χ3v) is 18.4. The predicted octanol–water partition coefficient (Wildman–Crippen LogP) is 19.6. The van der Waals surface area contributed by atoms with E-state index in [9.17, 15) is 15.2 Å². The number of carboxylic acid groups (broad SMARTS) is 1. The standard InChI is InChI=1S/C70H59N3O2S2/c1-42(2)51-16-13-17-52(43(3)4)67(51)73-61(65-36-34-63(76-65)45-22-20-44(21-23-45)38-47(41-71)68(74)75)32-33-62(73)66-37-35-64(77-66)46-24-26-48(27-25-46)72(49-28-30-55-53-14-9-11-18-57(53)69(5,6)59(55)39-49)50-29-31-56-54-15-10-12-19-58(54)70(7,8)60(56)40-50/h9-40,42-43H,1-8H3,(H,74,75)/b47-38+. The van der Waals surface area contributed by atoms with Crippen LogP contribution in [0.15, 0.2) is 194 Å². The lowest BCUT2D eigenvalue weighted by molar-refractivity contribution is -0.132. The zero-order valence-electron chi connectivity index (χ0n) is 44.6. The molecule has 0 atom stereocenters. The molecule has 10 aromatic rings. The molecule has 0 unspecified atom stereocenters. The maximum absolute atomic E-state index is 11.5. The highest BCUT2D eigenvalue weighted by Crippen LogP contribution is 2.54. The molecule has 0 radical (unpaired) electrons. The van der Waals surface area contributed by atoms with Crippen molar-refractivity contribution in [1.82, 2.24) is 4.57 Å². The van der Waals surface area contributed by atoms with Gasteiger partial charge in [-0.3, -0.25) is 0 Å². The fourth-order valence-electron chi connectivity index (χ4n) is 12.0. The Balaban J connectivity index is 0.931. The first kappa shape index (κ1) is 49.6. The van der Waals surface area contributed by atoms with Crippen LogP contribution in [0.25, 0.3) is 76.0 Å². The van der Waals surface area contributed by atoms with E-state index in [1.165, 1.54) is 82.7 Å². The number of hydrogen-bond donors (Lipinski definition) is 1. The summed E-state index contributed by atoms with van der Waals surface area (Å²) in [6.45, 7) is 18.6. The first-order valence-corrected chi connectivity index (χ1v) is 28.2. The van der Waals surface area contributed by atoms with Crippen LogP contribution in [0.3, 0.4) is 0 Å². The lowest BCUT2D eigenvalue weighted by Gasteiger charge is -2.30. The highest BCUT2D eigenvalue weighted by Gasteiger charge is 2.38. The van der Waals surface area contributed by atoms with Crippen molar-refractivity contribution in [1.29, 1.82) is 5.26 Å². The molecule has 2 aliphatic rings. The number of benzene rings is 7. The molecule has 0 fully saturated rings. The quantitative estimate of drug-likeness (QED) is 0.0978. The largest absolute Gasteiger partial charge is 0.477 e. The summed E-state index contributed by atoms with van der Waals surface area (Å²) in [4.78, 5) is 18.6. The van der Waals surface area contributed by atoms with Crippen molar-refractivity contribution in [2.75, 3.05) is 4.90 Å². The number of hydrogen-bond acceptors (Lipinski definition) is 5. The van der Waals surface area contributed by atoms with E-state index < -0.39 is 5.97 Å². The third-order valence-electron chi connectivity index (χ3n) is 16.1. The molecular weight excluding hydrogens is 979 g/mol. The highest BCUT2D eigenvalue weighted by molar-refractivity contribution is 7.19. The number of carbonyl (C=O) groups is 1. The van der Waals surface area contributed by atoms with Gasteiger partial charge >= 0.3 is 5.97 Å². The van der Waals surface area contributed by atoms with Crippen LogP contribution >= 0.6 is 22.7 Å². The van der Waals surface area contributed by atoms with E-state index >= 15 is 0 Å². The summed E-state index contributed by atoms with van der Waals surface area (Å²) in [6, 6.07) is 70.8. The number of rotatable bonds is 12. The molecule has 0 amide bonds. The molecule has 2 aliphatic carbocycles. The van der Waals surface area contributed by atoms with Crippen molar-refractivity contribution >= 4 is 51.8 Å². The van der Waals surface area contributed by atoms with Crippen LogP contribution in [-0.2, 0) is 15.6 Å². The van der Waals surface area contributed by atoms with Crippen molar-refractivity contribution in [3.63, 3.8) is 0 Å². The summed E-state index contributed by atoms with van der Waals surface area (Å²) in [5.41, 5.74) is 22.5. The maximum Gasteiger partial charge on any atom is 0.346 e. The smallest absolute Gasteiger partial charge is 0.346 e. The minimum Gasteiger partial charge on any atom is -0.477 e. The Kier molecular flexibility index (Phi) is 12.3. The van der Waals surface area contributed by atoms with Gasteiger partial charge in [0.1, 0.15) is 11.6 Å². The number of anilines is 3. The summed E-state index contributed by atoms with van der Waals surface area (Å²) in [5, 5.41) is 18.7. The number of aromatic nitrogens is 1. The van der Waals surface area contributed by atoms with Gasteiger partial charge in [-0.1, -0.05) is 171 Å². The molecule has 0 bridgehead atoms. The SMILES string of the molecule is CC(C)c1cccc(C(C)C)c1-n1c(-c2ccc(-c3ccc(/C=C(\C#N)C(=O)O)cc3)s2)ccc1-c1ccc(-c2ccc(N(c3ccc4c(c3)C(C)(C)c3ccccc3-4)c3ccc4c(c3)C(C)(C)c3ccccc3-4)cc2)s1. The predicted molar refractivity (Wildman–Crippen MR) is 322 cm³/mol. The molecule has 7 aromatic carbocycles. The van der Waals surface area contributed by atoms with Crippen molar-refractivity contribution in [2.45, 2.75) is 78.1 Å². The van der Waals surface area contributed by atoms with Crippen LogP contribution in [0.1, 0.15) is 106 Å². The molecule has 77 heavy (non-hydrogen) atoms. The van der Waals surface area contributed by atoms with Gasteiger partial charge in [-0.05, 0) is 163 Å². The minimum atomic E-state index is -1.23. The van der Waals surface area contributed by atoms with Gasteiger partial charge in [-0.25, -0.2) is 4.79 Å². The number of nitriles is 1. The van der Waals surface area contributed by atoms with Gasteiger partial charge < -0.3 is 14.6 Å². The van der Waals surface area contributed by atoms with Gasteiger partial charge in [0.05, 0.1) is 26.8 Å². The zero-order valence-corrected chi connectivity index (χ0v) is 46.3. The third kappa shape index (κ3) is 8.39. The monoisotopic (exact) mass is 1040 g/mol. The number of para-hydroxylation sites is 1. The van der Waals surface area contributed by atoms with Crippen LogP contribution < -0.4 is 4.90 Å². The first-order chi connectivity index (χ1) is 37.1. The van der Waals surface area contributed by atoms with Gasteiger partial charge in [0.15, 0.2) is 0 Å². The average molecular weight is 1040 g/mol. The summed E-state index contributed by atoms with van der Waals surface area (Å²) < 4.78 is 2.51. The van der Waals surface area contributed by atoms with Gasteiger partial charge in [0, 0.05) is 37.6 Å². The van der Waals surface area contributed by atoms with Gasteiger partial charge in [-0.2, -0.15) is 5.26 Å². The summed E-state index contributed by atoms with van der Waals surface area (Å²) in [7, 11) is 0. The maximum atomic E-state index is 11.5. The highest BCUT2D eigenvalue weighted by atomic mass is 32.1. The van der Waals surface area contributed by atoms with E-state index in [0.29, 0.717) is 5.56 Å². The minimum absolute atomic E-state index is 0.139. The van der Waals surface area contributed by atoms with Gasteiger partial charge in [0.25, 0.3) is 0 Å². The van der Waals surface area contributed by atoms with Crippen LogP contribution in [0.5, 0.6) is 0 Å². The second kappa shape index (κ2) is 19.1.